The van der Waals surface area contributed by atoms with Crippen LogP contribution in [0, 0.1) is 6.92 Å². The molecular weight excluding hydrogens is 258 g/mol. The molecule has 2 aromatic rings. The highest BCUT2D eigenvalue weighted by atomic mass is 16.6. The van der Waals surface area contributed by atoms with Crippen LogP contribution in [-0.4, -0.2) is 24.5 Å². The van der Waals surface area contributed by atoms with E-state index >= 15 is 0 Å². The molecule has 0 saturated carbocycles. The molecule has 6 nitrogen and oxygen atoms in total. The molecule has 0 saturated heterocycles. The summed E-state index contributed by atoms with van der Waals surface area (Å²) < 4.78 is 15.7. The van der Waals surface area contributed by atoms with E-state index in [1.807, 2.05) is 32.2 Å². The first-order chi connectivity index (χ1) is 9.65. The van der Waals surface area contributed by atoms with Crippen molar-refractivity contribution in [3.63, 3.8) is 0 Å². The normalized spacial score (nSPS) is 12.2. The SMILES string of the molecule is CNC(C)c1ccc(OCc2nonc2C)c(OC)c1. The summed E-state index contributed by atoms with van der Waals surface area (Å²) in [5, 5.41) is 10.7. The van der Waals surface area contributed by atoms with Crippen molar-refractivity contribution in [2.75, 3.05) is 14.2 Å². The van der Waals surface area contributed by atoms with E-state index in [-0.39, 0.29) is 6.04 Å². The van der Waals surface area contributed by atoms with Crippen LogP contribution in [0.15, 0.2) is 22.8 Å². The van der Waals surface area contributed by atoms with Gasteiger partial charge in [0.15, 0.2) is 11.5 Å². The maximum atomic E-state index is 5.71. The minimum absolute atomic E-state index is 0.250. The number of methoxy groups -OCH3 is 1. The standard InChI is InChI=1S/C14H19N3O3/c1-9(15-3)11-5-6-13(14(7-11)18-4)19-8-12-10(2)16-20-17-12/h5-7,9,15H,8H2,1-4H3. The van der Waals surface area contributed by atoms with Crippen molar-refractivity contribution >= 4 is 0 Å². The van der Waals surface area contributed by atoms with Gasteiger partial charge < -0.3 is 14.8 Å². The van der Waals surface area contributed by atoms with Crippen molar-refractivity contribution in [2.24, 2.45) is 0 Å². The van der Waals surface area contributed by atoms with Gasteiger partial charge in [0.05, 0.1) is 7.11 Å². The summed E-state index contributed by atoms with van der Waals surface area (Å²) in [6.07, 6.45) is 0. The van der Waals surface area contributed by atoms with Crippen LogP contribution >= 0.6 is 0 Å². The first-order valence-corrected chi connectivity index (χ1v) is 6.41. The molecule has 1 unspecified atom stereocenters. The van der Waals surface area contributed by atoms with Crippen molar-refractivity contribution in [3.8, 4) is 11.5 Å². The second kappa shape index (κ2) is 6.38. The fraction of sp³-hybridized carbons (Fsp3) is 0.429. The molecule has 0 spiro atoms. The summed E-state index contributed by atoms with van der Waals surface area (Å²) in [5.41, 5.74) is 2.54. The van der Waals surface area contributed by atoms with Gasteiger partial charge in [0.1, 0.15) is 18.0 Å². The number of hydrogen-bond donors (Lipinski definition) is 1. The van der Waals surface area contributed by atoms with Crippen molar-refractivity contribution in [2.45, 2.75) is 26.5 Å². The second-order valence-electron chi connectivity index (χ2n) is 4.51. The molecule has 0 radical (unpaired) electrons. The Morgan fingerprint density at radius 3 is 2.70 bits per heavy atom. The van der Waals surface area contributed by atoms with Crippen molar-refractivity contribution < 1.29 is 14.1 Å². The largest absolute Gasteiger partial charge is 0.493 e. The summed E-state index contributed by atoms with van der Waals surface area (Å²) in [6.45, 7) is 4.20. The Bertz CT molecular complexity index is 569. The highest BCUT2D eigenvalue weighted by Gasteiger charge is 2.11. The fourth-order valence-corrected chi connectivity index (χ4v) is 1.77. The lowest BCUT2D eigenvalue weighted by Gasteiger charge is -2.15. The van der Waals surface area contributed by atoms with Gasteiger partial charge in [-0.1, -0.05) is 16.4 Å². The quantitative estimate of drug-likeness (QED) is 0.873. The molecule has 0 aliphatic carbocycles. The van der Waals surface area contributed by atoms with E-state index in [9.17, 15) is 0 Å². The van der Waals surface area contributed by atoms with Crippen LogP contribution in [0.2, 0.25) is 0 Å². The highest BCUT2D eigenvalue weighted by molar-refractivity contribution is 5.43. The number of nitrogens with one attached hydrogen (secondary N) is 1. The molecule has 20 heavy (non-hydrogen) atoms. The molecule has 2 rings (SSSR count). The van der Waals surface area contributed by atoms with Crippen molar-refractivity contribution in [1.29, 1.82) is 0 Å². The van der Waals surface area contributed by atoms with Crippen LogP contribution in [0.1, 0.15) is 29.9 Å². The van der Waals surface area contributed by atoms with Gasteiger partial charge in [-0.15, -0.1) is 0 Å². The average Bonchev–Trinajstić information content (AvgIpc) is 2.89. The Kier molecular flexibility index (Phi) is 4.57. The van der Waals surface area contributed by atoms with Gasteiger partial charge in [-0.3, -0.25) is 0 Å². The van der Waals surface area contributed by atoms with Gasteiger partial charge in [0.2, 0.25) is 0 Å². The Hall–Kier alpha value is -2.08. The minimum atomic E-state index is 0.250. The van der Waals surface area contributed by atoms with E-state index < -0.39 is 0 Å². The first kappa shape index (κ1) is 14.3. The number of hydrogen-bond acceptors (Lipinski definition) is 6. The van der Waals surface area contributed by atoms with Gasteiger partial charge in [-0.25, -0.2) is 4.63 Å². The lowest BCUT2D eigenvalue weighted by atomic mass is 10.1. The molecule has 1 aromatic heterocycles. The smallest absolute Gasteiger partial charge is 0.161 e. The van der Waals surface area contributed by atoms with Crippen LogP contribution in [0.5, 0.6) is 11.5 Å². The van der Waals surface area contributed by atoms with Crippen molar-refractivity contribution in [1.82, 2.24) is 15.6 Å². The van der Waals surface area contributed by atoms with E-state index in [0.29, 0.717) is 23.8 Å². The third kappa shape index (κ3) is 3.08. The predicted molar refractivity (Wildman–Crippen MR) is 73.8 cm³/mol. The maximum Gasteiger partial charge on any atom is 0.161 e. The van der Waals surface area contributed by atoms with Crippen LogP contribution in [-0.2, 0) is 6.61 Å². The van der Waals surface area contributed by atoms with E-state index in [1.165, 1.54) is 0 Å². The second-order valence-corrected chi connectivity index (χ2v) is 4.51. The van der Waals surface area contributed by atoms with Crippen LogP contribution in [0.25, 0.3) is 0 Å². The molecule has 0 aliphatic heterocycles. The maximum absolute atomic E-state index is 5.71. The van der Waals surface area contributed by atoms with Crippen LogP contribution in [0.3, 0.4) is 0 Å². The average molecular weight is 277 g/mol. The molecule has 108 valence electrons. The van der Waals surface area contributed by atoms with Crippen molar-refractivity contribution in [3.05, 3.63) is 35.2 Å². The Balaban J connectivity index is 2.13. The number of rotatable bonds is 6. The van der Waals surface area contributed by atoms with Gasteiger partial charge in [-0.2, -0.15) is 0 Å². The predicted octanol–water partition coefficient (Wildman–Crippen LogP) is 2.25. The Morgan fingerprint density at radius 2 is 2.10 bits per heavy atom. The summed E-state index contributed by atoms with van der Waals surface area (Å²) >= 11 is 0. The number of nitrogens with zero attached hydrogens (tertiary/aromatic N) is 2. The zero-order valence-corrected chi connectivity index (χ0v) is 12.1. The Labute approximate surface area is 118 Å². The van der Waals surface area contributed by atoms with E-state index in [2.05, 4.69) is 27.2 Å². The zero-order chi connectivity index (χ0) is 14.5. The molecule has 0 fully saturated rings. The third-order valence-electron chi connectivity index (χ3n) is 3.23. The van der Waals surface area contributed by atoms with Crippen LogP contribution in [0.4, 0.5) is 0 Å². The lowest BCUT2D eigenvalue weighted by Crippen LogP contribution is -2.12. The summed E-state index contributed by atoms with van der Waals surface area (Å²) in [4.78, 5) is 0. The summed E-state index contributed by atoms with van der Waals surface area (Å²) in [6, 6.07) is 6.11. The minimum Gasteiger partial charge on any atom is -0.493 e. The fourth-order valence-electron chi connectivity index (χ4n) is 1.77. The molecule has 1 heterocycles. The molecule has 1 aromatic carbocycles. The lowest BCUT2D eigenvalue weighted by molar-refractivity contribution is 0.260. The van der Waals surface area contributed by atoms with E-state index in [0.717, 1.165) is 11.3 Å². The Morgan fingerprint density at radius 1 is 1.30 bits per heavy atom. The zero-order valence-electron chi connectivity index (χ0n) is 12.1. The number of benzene rings is 1. The first-order valence-electron chi connectivity index (χ1n) is 6.41. The molecule has 0 amide bonds. The van der Waals surface area contributed by atoms with Gasteiger partial charge in [0, 0.05) is 6.04 Å². The molecule has 6 heteroatoms. The number of ether oxygens (including phenoxy) is 2. The summed E-state index contributed by atoms with van der Waals surface area (Å²) in [7, 11) is 3.54. The summed E-state index contributed by atoms with van der Waals surface area (Å²) in [5.74, 6) is 1.36. The molecule has 0 aliphatic rings. The molecule has 1 atom stereocenters. The van der Waals surface area contributed by atoms with Crippen LogP contribution < -0.4 is 14.8 Å². The monoisotopic (exact) mass is 277 g/mol. The highest BCUT2D eigenvalue weighted by Crippen LogP contribution is 2.30. The van der Waals surface area contributed by atoms with Gasteiger partial charge in [-0.05, 0) is 38.6 Å². The number of aromatic nitrogens is 2. The molecular formula is C14H19N3O3. The topological polar surface area (TPSA) is 69.4 Å². The van der Waals surface area contributed by atoms with E-state index in [1.54, 1.807) is 7.11 Å². The molecule has 0 bridgehead atoms. The number of aryl methyl sites for hydroxylation is 1. The third-order valence-corrected chi connectivity index (χ3v) is 3.23. The van der Waals surface area contributed by atoms with Gasteiger partial charge >= 0.3 is 0 Å². The van der Waals surface area contributed by atoms with E-state index in [4.69, 9.17) is 9.47 Å². The van der Waals surface area contributed by atoms with Gasteiger partial charge in [0.25, 0.3) is 0 Å². The molecule has 1 N–H and O–H groups in total.